The van der Waals surface area contributed by atoms with E-state index in [1.807, 2.05) is 0 Å². The third-order valence-electron chi connectivity index (χ3n) is 8.77. The van der Waals surface area contributed by atoms with Crippen LogP contribution in [0.15, 0.2) is 42.5 Å². The molecule has 0 amide bonds. The van der Waals surface area contributed by atoms with Crippen LogP contribution in [0.4, 0.5) is 0 Å². The van der Waals surface area contributed by atoms with E-state index in [9.17, 15) is 0 Å². The van der Waals surface area contributed by atoms with Crippen LogP contribution in [0.5, 0.6) is 0 Å². The van der Waals surface area contributed by atoms with Crippen molar-refractivity contribution in [1.82, 2.24) is 9.55 Å². The van der Waals surface area contributed by atoms with Gasteiger partial charge in [0.25, 0.3) is 0 Å². The third kappa shape index (κ3) is 2.63. The second-order valence-corrected chi connectivity index (χ2v) is 10.2. The first-order valence-electron chi connectivity index (χ1n) is 12.2. The van der Waals surface area contributed by atoms with E-state index in [4.69, 9.17) is 0 Å². The Hall–Kier alpha value is -3.00. The molecule has 0 saturated heterocycles. The smallest absolute Gasteiger partial charge is 0.141 e. The van der Waals surface area contributed by atoms with Gasteiger partial charge in [0.1, 0.15) is 62.8 Å². The number of fused-ring (bicyclic) bond motifs is 6. The summed E-state index contributed by atoms with van der Waals surface area (Å²) in [6, 6.07) is 15.8. The molecule has 0 unspecified atom stereocenters. The van der Waals surface area contributed by atoms with Gasteiger partial charge in [-0.05, 0) is 23.6 Å². The molecular weight excluding hydrogens is 403 g/mol. The molecule has 0 fully saturated rings. The van der Waals surface area contributed by atoms with Crippen LogP contribution in [-0.2, 0) is 0 Å². The summed E-state index contributed by atoms with van der Waals surface area (Å²) in [4.78, 5) is 3.79. The largest absolute Gasteiger partial charge is 0.355 e. The van der Waals surface area contributed by atoms with Gasteiger partial charge in [-0.15, -0.1) is 10.9 Å². The first-order chi connectivity index (χ1) is 16.2. The molecule has 4 aromatic carbocycles. The van der Waals surface area contributed by atoms with Crippen LogP contribution in [0.25, 0.3) is 49.3 Å². The fourth-order valence-electron chi connectivity index (χ4n) is 6.10. The van der Waals surface area contributed by atoms with Crippen LogP contribution >= 0.6 is 0 Å². The van der Waals surface area contributed by atoms with Crippen molar-refractivity contribution in [2.45, 2.75) is 0 Å². The molecule has 6 rings (SSSR count). The predicted molar refractivity (Wildman–Crippen MR) is 176 cm³/mol. The number of H-pyrrole nitrogens is 1. The van der Waals surface area contributed by atoms with E-state index in [2.05, 4.69) is 115 Å². The van der Waals surface area contributed by atoms with Crippen molar-refractivity contribution in [3.05, 3.63) is 42.5 Å². The Bertz CT molecular complexity index is 1850. The molecule has 154 valence electrons. The number of nitrogens with zero attached hydrogens (tertiary/aromatic N) is 1. The summed E-state index contributed by atoms with van der Waals surface area (Å²) in [6.07, 6.45) is 0. The summed E-state index contributed by atoms with van der Waals surface area (Å²) in [7, 11) is 18.1. The van der Waals surface area contributed by atoms with E-state index in [0.717, 1.165) is 0 Å². The van der Waals surface area contributed by atoms with Gasteiger partial charge in [0.05, 0.1) is 5.52 Å². The predicted octanol–water partition coefficient (Wildman–Crippen LogP) is -7.51. The molecule has 0 radical (unpaired) electrons. The first-order valence-corrected chi connectivity index (χ1v) is 12.2. The first kappa shape index (κ1) is 21.5. The number of rotatable bonds is 1. The molecule has 0 aliphatic heterocycles. The zero-order chi connectivity index (χ0) is 24.0. The molecule has 0 aliphatic rings. The average Bonchev–Trinajstić information content (AvgIpc) is 3.39. The summed E-state index contributed by atoms with van der Waals surface area (Å²) in [6.45, 7) is 0. The molecule has 0 spiro atoms. The summed E-state index contributed by atoms with van der Waals surface area (Å²) in [5.41, 5.74) is 17.3. The Morgan fingerprint density at radius 3 is 1.91 bits per heavy atom. The molecule has 1 N–H and O–H groups in total. The molecule has 2 nitrogen and oxygen atoms in total. The monoisotopic (exact) mass is 428 g/mol. The number of aromatic amines is 1. The third-order valence-corrected chi connectivity index (χ3v) is 8.77. The Morgan fingerprint density at radius 1 is 0.559 bits per heavy atom. The van der Waals surface area contributed by atoms with Crippen molar-refractivity contribution < 1.29 is 0 Å². The zero-order valence-electron chi connectivity index (χ0n) is 21.5. The Kier molecular flexibility index (Phi) is 4.59. The maximum absolute atomic E-state index is 3.79. The number of para-hydroxylation sites is 1. The molecule has 0 atom stereocenters. The van der Waals surface area contributed by atoms with Gasteiger partial charge in [-0.25, -0.2) is 0 Å². The minimum atomic E-state index is 1.20. The molecule has 2 heterocycles. The van der Waals surface area contributed by atoms with E-state index in [1.54, 1.807) is 0 Å². The van der Waals surface area contributed by atoms with Crippen molar-refractivity contribution in [2.75, 3.05) is 0 Å². The molecule has 6 aromatic rings. The number of aromatic nitrogens is 2. The lowest BCUT2D eigenvalue weighted by Gasteiger charge is -2.16. The van der Waals surface area contributed by atoms with Crippen molar-refractivity contribution in [3.8, 4) is 5.69 Å². The fraction of sp³-hybridized carbons (Fsp3) is 0. The van der Waals surface area contributed by atoms with Crippen molar-refractivity contribution in [3.63, 3.8) is 0 Å². The van der Waals surface area contributed by atoms with Gasteiger partial charge in [0, 0.05) is 38.4 Å². The van der Waals surface area contributed by atoms with Crippen LogP contribution in [0.3, 0.4) is 0 Å². The number of nitrogens with one attached hydrogen (secondary N) is 1. The second kappa shape index (κ2) is 7.25. The normalized spacial score (nSPS) is 11.9. The summed E-state index contributed by atoms with van der Waals surface area (Å²) < 4.78 is 2.47. The Labute approximate surface area is 207 Å². The van der Waals surface area contributed by atoms with Crippen molar-refractivity contribution in [2.24, 2.45) is 0 Å². The van der Waals surface area contributed by atoms with E-state index in [-0.39, 0.29) is 0 Å². The maximum Gasteiger partial charge on any atom is 0.141 e. The molecule has 34 heavy (non-hydrogen) atoms. The lowest BCUT2D eigenvalue weighted by molar-refractivity contribution is 1.19. The number of hydrogen-bond donors (Lipinski definition) is 1. The lowest BCUT2D eigenvalue weighted by Crippen LogP contribution is -2.48. The standard InChI is InChI=1S/C24H24B8N2/c25-15-13-9-6-5-8(7-11(9)33-23(13)21(31)19(29)17(15)27)34-12-4-2-1-3-10(12)14-16(26)18(28)20(30)22(32)24(14)34/h1-7,33H,25-32H2. The van der Waals surface area contributed by atoms with Crippen molar-refractivity contribution >= 4 is 150 Å². The molecular formula is C24H24B8N2. The van der Waals surface area contributed by atoms with Crippen LogP contribution in [0.2, 0.25) is 0 Å². The summed E-state index contributed by atoms with van der Waals surface area (Å²) in [5.74, 6) is 0. The van der Waals surface area contributed by atoms with E-state index in [0.29, 0.717) is 0 Å². The van der Waals surface area contributed by atoms with Gasteiger partial charge in [-0.2, -0.15) is 0 Å². The summed E-state index contributed by atoms with van der Waals surface area (Å²) in [5, 5.41) is 5.38. The average molecular weight is 427 g/mol. The van der Waals surface area contributed by atoms with Crippen LogP contribution < -0.4 is 43.7 Å². The summed E-state index contributed by atoms with van der Waals surface area (Å²) >= 11 is 0. The molecule has 0 aliphatic carbocycles. The van der Waals surface area contributed by atoms with Gasteiger partial charge in [0.2, 0.25) is 0 Å². The van der Waals surface area contributed by atoms with Crippen LogP contribution in [0.1, 0.15) is 0 Å². The highest BCUT2D eigenvalue weighted by Gasteiger charge is 2.20. The maximum atomic E-state index is 3.79. The molecule has 0 bridgehead atoms. The second-order valence-electron chi connectivity index (χ2n) is 10.2. The number of benzene rings is 4. The highest BCUT2D eigenvalue weighted by atomic mass is 15.0. The van der Waals surface area contributed by atoms with E-state index >= 15 is 0 Å². The quantitative estimate of drug-likeness (QED) is 0.252. The minimum absolute atomic E-state index is 1.20. The lowest BCUT2D eigenvalue weighted by atomic mass is 9.65. The topological polar surface area (TPSA) is 20.7 Å². The number of hydrogen-bond acceptors (Lipinski definition) is 0. The van der Waals surface area contributed by atoms with Gasteiger partial charge in [0.15, 0.2) is 0 Å². The molecule has 2 aromatic heterocycles. The Morgan fingerprint density at radius 2 is 1.18 bits per heavy atom. The molecule has 0 saturated carbocycles. The van der Waals surface area contributed by atoms with Crippen LogP contribution in [-0.4, -0.2) is 72.3 Å². The van der Waals surface area contributed by atoms with E-state index in [1.165, 1.54) is 93.0 Å². The van der Waals surface area contributed by atoms with Gasteiger partial charge >= 0.3 is 0 Å². The van der Waals surface area contributed by atoms with E-state index < -0.39 is 0 Å². The van der Waals surface area contributed by atoms with Crippen molar-refractivity contribution in [1.29, 1.82) is 0 Å². The molecule has 10 heteroatoms. The van der Waals surface area contributed by atoms with Gasteiger partial charge in [-0.1, -0.05) is 57.0 Å². The van der Waals surface area contributed by atoms with Gasteiger partial charge < -0.3 is 9.55 Å². The fourth-order valence-corrected chi connectivity index (χ4v) is 6.10. The van der Waals surface area contributed by atoms with Gasteiger partial charge in [-0.3, -0.25) is 0 Å². The zero-order valence-corrected chi connectivity index (χ0v) is 21.5. The highest BCUT2D eigenvalue weighted by molar-refractivity contribution is 6.68. The SMILES string of the molecule is Bc1c(B)c(B)c2c([nH]c3cc(-n4c5ccccc5c5c(B)c(B)c(B)c(B)c54)ccc32)c1B. The highest BCUT2D eigenvalue weighted by Crippen LogP contribution is 2.31. The van der Waals surface area contributed by atoms with Crippen LogP contribution in [0, 0.1) is 0 Å². The Balaban J connectivity index is 1.76. The minimum Gasteiger partial charge on any atom is -0.355 e.